The molecule has 6 heteroatoms. The van der Waals surface area contributed by atoms with Crippen molar-refractivity contribution < 1.29 is 9.90 Å². The van der Waals surface area contributed by atoms with Gasteiger partial charge in [-0.2, -0.15) is 5.10 Å². The number of rotatable bonds is 4. The lowest BCUT2D eigenvalue weighted by Gasteiger charge is -2.04. The van der Waals surface area contributed by atoms with Crippen LogP contribution in [0.4, 0.5) is 0 Å². The molecule has 0 saturated heterocycles. The van der Waals surface area contributed by atoms with Crippen molar-refractivity contribution in [1.29, 1.82) is 0 Å². The van der Waals surface area contributed by atoms with Crippen LogP contribution in [-0.4, -0.2) is 27.8 Å². The van der Waals surface area contributed by atoms with Gasteiger partial charge in [0.05, 0.1) is 0 Å². The van der Waals surface area contributed by atoms with E-state index in [0.717, 1.165) is 5.56 Å². The van der Waals surface area contributed by atoms with Crippen molar-refractivity contribution in [2.45, 2.75) is 6.42 Å². The monoisotopic (exact) mass is 259 g/mol. The summed E-state index contributed by atoms with van der Waals surface area (Å²) in [6, 6.07) is 9.45. The minimum atomic E-state index is -0.351. The summed E-state index contributed by atoms with van der Waals surface area (Å²) in [5, 5.41) is 17.8. The van der Waals surface area contributed by atoms with Crippen molar-refractivity contribution in [3.05, 3.63) is 58.0 Å². The molecule has 0 aliphatic carbocycles. The van der Waals surface area contributed by atoms with Gasteiger partial charge in [0.1, 0.15) is 11.4 Å². The summed E-state index contributed by atoms with van der Waals surface area (Å²) in [6.45, 7) is 0.420. The Morgan fingerprint density at radius 1 is 1.32 bits per heavy atom. The summed E-state index contributed by atoms with van der Waals surface area (Å²) in [6.07, 6.45) is 0.601. The summed E-state index contributed by atoms with van der Waals surface area (Å²) in [7, 11) is 0. The summed E-state index contributed by atoms with van der Waals surface area (Å²) in [4.78, 5) is 22.5. The molecule has 0 bridgehead atoms. The number of aromatic amines is 1. The highest BCUT2D eigenvalue weighted by Gasteiger charge is 2.06. The van der Waals surface area contributed by atoms with Crippen LogP contribution in [0.2, 0.25) is 0 Å². The quantitative estimate of drug-likeness (QED) is 0.742. The lowest BCUT2D eigenvalue weighted by Crippen LogP contribution is -2.27. The second kappa shape index (κ2) is 5.81. The van der Waals surface area contributed by atoms with Gasteiger partial charge in [0.15, 0.2) is 0 Å². The fourth-order valence-corrected chi connectivity index (χ4v) is 1.59. The van der Waals surface area contributed by atoms with Crippen LogP contribution in [0, 0.1) is 0 Å². The average molecular weight is 259 g/mol. The fraction of sp³-hybridized carbons (Fsp3) is 0.154. The number of carbonyl (C=O) groups excluding carboxylic acids is 1. The third-order valence-corrected chi connectivity index (χ3v) is 2.52. The van der Waals surface area contributed by atoms with E-state index in [2.05, 4.69) is 15.5 Å². The SMILES string of the molecule is O=C(NCCc1cccc(O)c1)c1ccc(=O)[nH]n1. The van der Waals surface area contributed by atoms with Gasteiger partial charge in [-0.1, -0.05) is 12.1 Å². The molecule has 0 unspecified atom stereocenters. The van der Waals surface area contributed by atoms with Crippen LogP contribution in [0.15, 0.2) is 41.2 Å². The molecule has 1 aromatic heterocycles. The molecule has 0 aliphatic heterocycles. The molecule has 0 aliphatic rings. The molecular weight excluding hydrogens is 246 g/mol. The van der Waals surface area contributed by atoms with Crippen molar-refractivity contribution in [1.82, 2.24) is 15.5 Å². The molecule has 1 aromatic carbocycles. The van der Waals surface area contributed by atoms with Crippen molar-refractivity contribution in [2.24, 2.45) is 0 Å². The number of benzene rings is 1. The van der Waals surface area contributed by atoms with E-state index in [1.807, 2.05) is 6.07 Å². The van der Waals surface area contributed by atoms with E-state index in [-0.39, 0.29) is 22.9 Å². The van der Waals surface area contributed by atoms with Gasteiger partial charge >= 0.3 is 0 Å². The van der Waals surface area contributed by atoms with Crippen LogP contribution in [0.25, 0.3) is 0 Å². The molecule has 0 spiro atoms. The predicted octanol–water partition coefficient (Wildman–Crippen LogP) is 0.448. The average Bonchev–Trinajstić information content (AvgIpc) is 2.39. The lowest BCUT2D eigenvalue weighted by molar-refractivity contribution is 0.0948. The number of hydrogen-bond donors (Lipinski definition) is 3. The number of carbonyl (C=O) groups is 1. The lowest BCUT2D eigenvalue weighted by atomic mass is 10.1. The van der Waals surface area contributed by atoms with Gasteiger partial charge in [0.2, 0.25) is 0 Å². The minimum absolute atomic E-state index is 0.163. The molecule has 1 heterocycles. The molecule has 0 radical (unpaired) electrons. The first kappa shape index (κ1) is 12.8. The van der Waals surface area contributed by atoms with Crippen molar-refractivity contribution >= 4 is 5.91 Å². The Kier molecular flexibility index (Phi) is 3.92. The van der Waals surface area contributed by atoms with E-state index in [9.17, 15) is 14.7 Å². The zero-order chi connectivity index (χ0) is 13.7. The van der Waals surface area contributed by atoms with E-state index in [0.29, 0.717) is 13.0 Å². The summed E-state index contributed by atoms with van der Waals surface area (Å²) in [5.74, 6) is -0.150. The maximum Gasteiger partial charge on any atom is 0.271 e. The van der Waals surface area contributed by atoms with Crippen molar-refractivity contribution in [2.75, 3.05) is 6.54 Å². The zero-order valence-electron chi connectivity index (χ0n) is 10.1. The molecule has 3 N–H and O–H groups in total. The Labute approximate surface area is 109 Å². The number of nitrogens with zero attached hydrogens (tertiary/aromatic N) is 1. The van der Waals surface area contributed by atoms with Crippen LogP contribution in [0.5, 0.6) is 5.75 Å². The van der Waals surface area contributed by atoms with E-state index in [1.54, 1.807) is 18.2 Å². The van der Waals surface area contributed by atoms with Crippen LogP contribution in [0.1, 0.15) is 16.1 Å². The number of hydrogen-bond acceptors (Lipinski definition) is 4. The first-order chi connectivity index (χ1) is 9.15. The molecule has 19 heavy (non-hydrogen) atoms. The number of phenols is 1. The van der Waals surface area contributed by atoms with Gasteiger partial charge < -0.3 is 10.4 Å². The molecule has 0 saturated carbocycles. The van der Waals surface area contributed by atoms with Gasteiger partial charge in [-0.15, -0.1) is 0 Å². The third kappa shape index (κ3) is 3.67. The Hall–Kier alpha value is -2.63. The molecule has 2 rings (SSSR count). The second-order valence-corrected chi connectivity index (χ2v) is 3.98. The molecule has 2 aromatic rings. The number of amides is 1. The van der Waals surface area contributed by atoms with Gasteiger partial charge in [-0.3, -0.25) is 9.59 Å². The highest BCUT2D eigenvalue weighted by molar-refractivity contribution is 5.91. The van der Waals surface area contributed by atoms with E-state index < -0.39 is 0 Å². The standard InChI is InChI=1S/C13H13N3O3/c17-10-3-1-2-9(8-10)6-7-14-13(19)11-4-5-12(18)16-15-11/h1-5,8,17H,6-7H2,(H,14,19)(H,16,18). The molecular formula is C13H13N3O3. The van der Waals surface area contributed by atoms with Crippen LogP contribution in [-0.2, 0) is 6.42 Å². The number of aromatic nitrogens is 2. The predicted molar refractivity (Wildman–Crippen MR) is 69.0 cm³/mol. The number of phenolic OH excluding ortho intramolecular Hbond substituents is 1. The van der Waals surface area contributed by atoms with Crippen molar-refractivity contribution in [3.8, 4) is 5.75 Å². The number of nitrogens with one attached hydrogen (secondary N) is 2. The smallest absolute Gasteiger partial charge is 0.271 e. The van der Waals surface area contributed by atoms with E-state index in [4.69, 9.17) is 0 Å². The van der Waals surface area contributed by atoms with E-state index in [1.165, 1.54) is 12.1 Å². The Balaban J connectivity index is 1.87. The highest BCUT2D eigenvalue weighted by Crippen LogP contribution is 2.10. The first-order valence-electron chi connectivity index (χ1n) is 5.77. The third-order valence-electron chi connectivity index (χ3n) is 2.52. The maximum absolute atomic E-state index is 11.7. The first-order valence-corrected chi connectivity index (χ1v) is 5.77. The van der Waals surface area contributed by atoms with E-state index >= 15 is 0 Å². The minimum Gasteiger partial charge on any atom is -0.508 e. The molecule has 0 fully saturated rings. The van der Waals surface area contributed by atoms with Crippen LogP contribution < -0.4 is 10.9 Å². The number of H-pyrrole nitrogens is 1. The molecule has 98 valence electrons. The number of aromatic hydroxyl groups is 1. The van der Waals surface area contributed by atoms with Gasteiger partial charge in [0, 0.05) is 12.6 Å². The summed E-state index contributed by atoms with van der Waals surface area (Å²) in [5.41, 5.74) is 0.738. The maximum atomic E-state index is 11.7. The molecule has 1 amide bonds. The van der Waals surface area contributed by atoms with Crippen LogP contribution >= 0.6 is 0 Å². The summed E-state index contributed by atoms with van der Waals surface area (Å²) < 4.78 is 0. The second-order valence-electron chi connectivity index (χ2n) is 3.98. The molecule has 0 atom stereocenters. The highest BCUT2D eigenvalue weighted by atomic mass is 16.3. The molecule has 6 nitrogen and oxygen atoms in total. The Morgan fingerprint density at radius 2 is 2.16 bits per heavy atom. The van der Waals surface area contributed by atoms with Gasteiger partial charge in [0.25, 0.3) is 11.5 Å². The Morgan fingerprint density at radius 3 is 2.84 bits per heavy atom. The summed E-state index contributed by atoms with van der Waals surface area (Å²) >= 11 is 0. The topological polar surface area (TPSA) is 95.1 Å². The van der Waals surface area contributed by atoms with Gasteiger partial charge in [-0.25, -0.2) is 5.10 Å². The van der Waals surface area contributed by atoms with Crippen molar-refractivity contribution in [3.63, 3.8) is 0 Å². The Bertz CT molecular complexity index is 617. The largest absolute Gasteiger partial charge is 0.508 e. The normalized spacial score (nSPS) is 10.1. The zero-order valence-corrected chi connectivity index (χ0v) is 10.1. The van der Waals surface area contributed by atoms with Crippen LogP contribution in [0.3, 0.4) is 0 Å². The van der Waals surface area contributed by atoms with Gasteiger partial charge in [-0.05, 0) is 30.2 Å². The fourth-order valence-electron chi connectivity index (χ4n) is 1.59.